The molecule has 0 radical (unpaired) electrons. The van der Waals surface area contributed by atoms with E-state index in [0.717, 1.165) is 33.3 Å². The Kier molecular flexibility index (Phi) is 4.74. The monoisotopic (exact) mass is 397 g/mol. The molecule has 1 aromatic heterocycles. The average molecular weight is 397 g/mol. The Bertz CT molecular complexity index is 1190. The van der Waals surface area contributed by atoms with Gasteiger partial charge >= 0.3 is 5.97 Å². The van der Waals surface area contributed by atoms with Crippen LogP contribution in [-0.2, 0) is 17.6 Å². The van der Waals surface area contributed by atoms with Gasteiger partial charge in [-0.1, -0.05) is 54.6 Å². The summed E-state index contributed by atoms with van der Waals surface area (Å²) in [5.41, 5.74) is 5.11. The van der Waals surface area contributed by atoms with Crippen molar-refractivity contribution in [1.29, 1.82) is 0 Å². The predicted octanol–water partition coefficient (Wildman–Crippen LogP) is 4.99. The third kappa shape index (κ3) is 3.45. The van der Waals surface area contributed by atoms with Crippen molar-refractivity contribution in [3.05, 3.63) is 96.1 Å². The Morgan fingerprint density at radius 2 is 1.80 bits per heavy atom. The summed E-state index contributed by atoms with van der Waals surface area (Å²) < 4.78 is 11.3. The Morgan fingerprint density at radius 1 is 1.00 bits per heavy atom. The third-order valence-electron chi connectivity index (χ3n) is 5.81. The molecule has 4 aromatic rings. The number of aromatic nitrogens is 1. The van der Waals surface area contributed by atoms with Crippen molar-refractivity contribution < 1.29 is 14.6 Å². The zero-order valence-electron chi connectivity index (χ0n) is 16.8. The lowest BCUT2D eigenvalue weighted by Gasteiger charge is -2.39. The molecule has 0 fully saturated rings. The first-order chi connectivity index (χ1) is 14.6. The molecule has 0 saturated carbocycles. The lowest BCUT2D eigenvalue weighted by Crippen LogP contribution is -2.50. The highest BCUT2D eigenvalue weighted by atomic mass is 16.8. The summed E-state index contributed by atoms with van der Waals surface area (Å²) in [5.74, 6) is -1.23. The molecule has 1 unspecified atom stereocenters. The zero-order valence-corrected chi connectivity index (χ0v) is 16.8. The van der Waals surface area contributed by atoms with Crippen LogP contribution in [0.1, 0.15) is 11.1 Å². The molecule has 1 aliphatic rings. The van der Waals surface area contributed by atoms with Crippen LogP contribution in [0, 0.1) is 5.92 Å². The maximum absolute atomic E-state index is 11.0. The molecule has 30 heavy (non-hydrogen) atoms. The molecule has 0 bridgehead atoms. The molecular formula is C26H23NO3. The molecule has 4 heteroatoms. The van der Waals surface area contributed by atoms with E-state index in [2.05, 4.69) is 30.3 Å². The standard InChI is InChI=1S/C26H23NO3/c1-29-26(28)22(15-18-7-3-2-4-8-18)17-21-16-20(12-14-25(21)30-26)24-13-11-19-9-5-6-10-23(19)27-24/h2-14,16,22,28H,15,17H2,1H3/t22-,26?/m1/s1. The fourth-order valence-electron chi connectivity index (χ4n) is 4.17. The number of nitrogens with zero attached hydrogens (tertiary/aromatic N) is 1. The van der Waals surface area contributed by atoms with Crippen molar-refractivity contribution in [3.8, 4) is 17.0 Å². The van der Waals surface area contributed by atoms with Crippen molar-refractivity contribution in [2.45, 2.75) is 18.8 Å². The van der Waals surface area contributed by atoms with Gasteiger partial charge in [-0.2, -0.15) is 0 Å². The molecule has 150 valence electrons. The highest BCUT2D eigenvalue weighted by Crippen LogP contribution is 2.39. The number of pyridine rings is 1. The maximum Gasteiger partial charge on any atom is 0.327 e. The minimum absolute atomic E-state index is 0.225. The van der Waals surface area contributed by atoms with Gasteiger partial charge in [-0.25, -0.2) is 4.98 Å². The van der Waals surface area contributed by atoms with E-state index < -0.39 is 5.97 Å². The third-order valence-corrected chi connectivity index (χ3v) is 5.81. The summed E-state index contributed by atoms with van der Waals surface area (Å²) in [6, 6.07) is 28.3. The fourth-order valence-corrected chi connectivity index (χ4v) is 4.17. The summed E-state index contributed by atoms with van der Waals surface area (Å²) in [7, 11) is 1.48. The Hall–Kier alpha value is -3.21. The normalized spacial score (nSPS) is 20.5. The molecule has 0 aliphatic carbocycles. The first-order valence-corrected chi connectivity index (χ1v) is 10.1. The number of fused-ring (bicyclic) bond motifs is 2. The molecule has 3 aromatic carbocycles. The van der Waals surface area contributed by atoms with Crippen LogP contribution in [-0.4, -0.2) is 23.2 Å². The van der Waals surface area contributed by atoms with Crippen LogP contribution in [0.4, 0.5) is 0 Å². The van der Waals surface area contributed by atoms with Gasteiger partial charge in [0.15, 0.2) is 0 Å². The van der Waals surface area contributed by atoms with Crippen LogP contribution in [0.5, 0.6) is 5.75 Å². The number of hydrogen-bond acceptors (Lipinski definition) is 4. The lowest BCUT2D eigenvalue weighted by molar-refractivity contribution is -0.342. The van der Waals surface area contributed by atoms with Crippen molar-refractivity contribution >= 4 is 10.9 Å². The fraction of sp³-hybridized carbons (Fsp3) is 0.192. The van der Waals surface area contributed by atoms with Gasteiger partial charge in [0.1, 0.15) is 5.75 Å². The first kappa shape index (κ1) is 18.8. The highest BCUT2D eigenvalue weighted by molar-refractivity contribution is 5.81. The van der Waals surface area contributed by atoms with E-state index in [4.69, 9.17) is 14.5 Å². The second kappa shape index (κ2) is 7.56. The lowest BCUT2D eigenvalue weighted by atomic mass is 9.87. The van der Waals surface area contributed by atoms with Gasteiger partial charge in [-0.05, 0) is 54.3 Å². The number of para-hydroxylation sites is 1. The summed E-state index contributed by atoms with van der Waals surface area (Å²) >= 11 is 0. The summed E-state index contributed by atoms with van der Waals surface area (Å²) in [6.45, 7) is 0. The molecule has 2 heterocycles. The van der Waals surface area contributed by atoms with Crippen LogP contribution in [0.2, 0.25) is 0 Å². The van der Waals surface area contributed by atoms with Crippen molar-refractivity contribution in [1.82, 2.24) is 4.98 Å². The summed E-state index contributed by atoms with van der Waals surface area (Å²) in [4.78, 5) is 4.81. The molecule has 0 spiro atoms. The highest BCUT2D eigenvalue weighted by Gasteiger charge is 2.44. The van der Waals surface area contributed by atoms with E-state index in [0.29, 0.717) is 18.6 Å². The van der Waals surface area contributed by atoms with Gasteiger partial charge in [0.25, 0.3) is 0 Å². The van der Waals surface area contributed by atoms with Crippen LogP contribution in [0.3, 0.4) is 0 Å². The van der Waals surface area contributed by atoms with Crippen molar-refractivity contribution in [3.63, 3.8) is 0 Å². The number of aliphatic hydroxyl groups is 1. The molecule has 0 saturated heterocycles. The van der Waals surface area contributed by atoms with E-state index in [1.165, 1.54) is 7.11 Å². The minimum Gasteiger partial charge on any atom is -0.439 e. The quantitative estimate of drug-likeness (QED) is 0.493. The Labute approximate surface area is 175 Å². The second-order valence-corrected chi connectivity index (χ2v) is 7.74. The van der Waals surface area contributed by atoms with E-state index in [-0.39, 0.29) is 5.92 Å². The Morgan fingerprint density at radius 3 is 2.63 bits per heavy atom. The minimum atomic E-state index is -1.65. The molecular weight excluding hydrogens is 374 g/mol. The maximum atomic E-state index is 11.0. The van der Waals surface area contributed by atoms with Crippen molar-refractivity contribution in [2.75, 3.05) is 7.11 Å². The average Bonchev–Trinajstić information content (AvgIpc) is 2.80. The number of benzene rings is 3. The van der Waals surface area contributed by atoms with Gasteiger partial charge in [0.05, 0.1) is 17.1 Å². The number of rotatable bonds is 4. The van der Waals surface area contributed by atoms with E-state index in [9.17, 15) is 5.11 Å². The molecule has 0 amide bonds. The largest absolute Gasteiger partial charge is 0.439 e. The van der Waals surface area contributed by atoms with Gasteiger partial charge in [0.2, 0.25) is 0 Å². The molecule has 1 aliphatic heterocycles. The van der Waals surface area contributed by atoms with E-state index in [1.807, 2.05) is 54.6 Å². The molecule has 4 nitrogen and oxygen atoms in total. The van der Waals surface area contributed by atoms with E-state index >= 15 is 0 Å². The molecule has 1 N–H and O–H groups in total. The van der Waals surface area contributed by atoms with Gasteiger partial charge in [0, 0.05) is 18.1 Å². The van der Waals surface area contributed by atoms with Gasteiger partial charge in [-0.15, -0.1) is 0 Å². The first-order valence-electron chi connectivity index (χ1n) is 10.1. The topological polar surface area (TPSA) is 51.6 Å². The van der Waals surface area contributed by atoms with Crippen LogP contribution < -0.4 is 4.74 Å². The zero-order chi connectivity index (χ0) is 20.6. The second-order valence-electron chi connectivity index (χ2n) is 7.74. The van der Waals surface area contributed by atoms with Crippen LogP contribution in [0.15, 0.2) is 84.9 Å². The number of hydrogen-bond donors (Lipinski definition) is 1. The van der Waals surface area contributed by atoms with Crippen molar-refractivity contribution in [2.24, 2.45) is 5.92 Å². The predicted molar refractivity (Wildman–Crippen MR) is 117 cm³/mol. The van der Waals surface area contributed by atoms with Crippen LogP contribution >= 0.6 is 0 Å². The number of methoxy groups -OCH3 is 1. The molecule has 5 rings (SSSR count). The summed E-state index contributed by atoms with van der Waals surface area (Å²) in [5, 5.41) is 12.1. The van der Waals surface area contributed by atoms with Gasteiger partial charge in [-0.3, -0.25) is 0 Å². The smallest absolute Gasteiger partial charge is 0.327 e. The molecule has 2 atom stereocenters. The van der Waals surface area contributed by atoms with Gasteiger partial charge < -0.3 is 14.6 Å². The summed E-state index contributed by atoms with van der Waals surface area (Å²) in [6.07, 6.45) is 1.30. The SMILES string of the molecule is COC1(O)Oc2ccc(-c3ccc4ccccc4n3)cc2C[C@H]1Cc1ccccc1. The number of ether oxygens (including phenoxy) is 2. The van der Waals surface area contributed by atoms with Crippen LogP contribution in [0.25, 0.3) is 22.2 Å². The van der Waals surface area contributed by atoms with E-state index in [1.54, 1.807) is 0 Å². The Balaban J connectivity index is 1.49.